The number of hydrogen-bond donors (Lipinski definition) is 0. The van der Waals surface area contributed by atoms with E-state index in [4.69, 9.17) is 9.57 Å². The number of hydrogen-bond acceptors (Lipinski definition) is 6. The highest BCUT2D eigenvalue weighted by molar-refractivity contribution is 6.39. The van der Waals surface area contributed by atoms with Gasteiger partial charge in [-0.15, -0.1) is 0 Å². The predicted molar refractivity (Wildman–Crippen MR) is 132 cm³/mol. The zero-order valence-electron chi connectivity index (χ0n) is 21.3. The van der Waals surface area contributed by atoms with E-state index in [1.807, 2.05) is 29.2 Å². The zero-order chi connectivity index (χ0) is 25.2. The van der Waals surface area contributed by atoms with Crippen LogP contribution in [0.4, 0.5) is 0 Å². The van der Waals surface area contributed by atoms with Crippen molar-refractivity contribution in [2.75, 3.05) is 26.2 Å². The number of piperidine rings is 2. The van der Waals surface area contributed by atoms with Crippen LogP contribution in [0.1, 0.15) is 82.1 Å². The van der Waals surface area contributed by atoms with Crippen LogP contribution >= 0.6 is 0 Å². The van der Waals surface area contributed by atoms with Crippen molar-refractivity contribution in [2.45, 2.75) is 83.3 Å². The van der Waals surface area contributed by atoms with Crippen LogP contribution in [0.25, 0.3) is 0 Å². The van der Waals surface area contributed by atoms with Gasteiger partial charge in [0.1, 0.15) is 17.4 Å². The molecule has 0 saturated carbocycles. The van der Waals surface area contributed by atoms with E-state index < -0.39 is 11.6 Å². The van der Waals surface area contributed by atoms with Crippen LogP contribution in [-0.4, -0.2) is 71.2 Å². The van der Waals surface area contributed by atoms with Gasteiger partial charge < -0.3 is 19.4 Å². The molecule has 3 aliphatic rings. The zero-order valence-corrected chi connectivity index (χ0v) is 21.3. The van der Waals surface area contributed by atoms with Gasteiger partial charge in [0, 0.05) is 44.5 Å². The Morgan fingerprint density at radius 1 is 1.06 bits per heavy atom. The lowest BCUT2D eigenvalue weighted by Crippen LogP contribution is -2.52. The molecule has 3 heterocycles. The lowest BCUT2D eigenvalue weighted by Gasteiger charge is -2.37. The first-order valence-electron chi connectivity index (χ1n) is 12.8. The predicted octanol–water partition coefficient (Wildman–Crippen LogP) is 3.68. The molecule has 2 fully saturated rings. The summed E-state index contributed by atoms with van der Waals surface area (Å²) in [4.78, 5) is 47.9. The van der Waals surface area contributed by atoms with E-state index in [9.17, 15) is 14.4 Å². The van der Waals surface area contributed by atoms with Crippen molar-refractivity contribution in [1.29, 1.82) is 0 Å². The van der Waals surface area contributed by atoms with Crippen LogP contribution in [-0.2, 0) is 24.6 Å². The molecule has 2 amide bonds. The summed E-state index contributed by atoms with van der Waals surface area (Å²) < 4.78 is 5.19. The van der Waals surface area contributed by atoms with Gasteiger partial charge in [-0.1, -0.05) is 38.1 Å². The Morgan fingerprint density at radius 2 is 1.74 bits per heavy atom. The number of oxime groups is 1. The summed E-state index contributed by atoms with van der Waals surface area (Å²) in [5, 5.41) is 4.16. The summed E-state index contributed by atoms with van der Waals surface area (Å²) in [5.74, 6) is -0.574. The van der Waals surface area contributed by atoms with Gasteiger partial charge in [0.15, 0.2) is 0 Å². The Labute approximate surface area is 207 Å². The number of esters is 1. The van der Waals surface area contributed by atoms with Gasteiger partial charge in [0.2, 0.25) is 0 Å². The second-order valence-electron chi connectivity index (χ2n) is 10.9. The van der Waals surface area contributed by atoms with E-state index in [2.05, 4.69) is 25.9 Å². The number of ether oxygens (including phenoxy) is 1. The number of nitrogens with zero attached hydrogens (tertiary/aromatic N) is 3. The third kappa shape index (κ3) is 5.36. The van der Waals surface area contributed by atoms with Crippen LogP contribution in [0, 0.1) is 0 Å². The minimum atomic E-state index is -0.562. The Morgan fingerprint density at radius 3 is 2.37 bits per heavy atom. The van der Waals surface area contributed by atoms with Crippen LogP contribution in [0.15, 0.2) is 29.4 Å². The Kier molecular flexibility index (Phi) is 7.20. The van der Waals surface area contributed by atoms with Crippen molar-refractivity contribution in [3.05, 3.63) is 35.4 Å². The van der Waals surface area contributed by atoms with E-state index >= 15 is 0 Å². The number of rotatable bonds is 4. The smallest absolute Gasteiger partial charge is 0.328 e. The highest BCUT2D eigenvalue weighted by atomic mass is 16.7. The fraction of sp³-hybridized carbons (Fsp3) is 0.630. The molecule has 3 aliphatic heterocycles. The maximum Gasteiger partial charge on any atom is 0.328 e. The van der Waals surface area contributed by atoms with Crippen LogP contribution in [0.3, 0.4) is 0 Å². The molecule has 0 radical (unpaired) electrons. The largest absolute Gasteiger partial charge is 0.464 e. The molecule has 1 unspecified atom stereocenters. The molecule has 8 heteroatoms. The average Bonchev–Trinajstić information content (AvgIpc) is 3.26. The molecule has 4 rings (SSSR count). The third-order valence-corrected chi connectivity index (χ3v) is 7.37. The number of carbonyl (C=O) groups excluding carboxylic acids is 3. The minimum Gasteiger partial charge on any atom is -0.464 e. The minimum absolute atomic E-state index is 0.0149. The quantitative estimate of drug-likeness (QED) is 0.610. The first-order chi connectivity index (χ1) is 16.6. The van der Waals surface area contributed by atoms with Crippen molar-refractivity contribution >= 4 is 23.5 Å². The molecule has 1 spiro atoms. The maximum absolute atomic E-state index is 13.2. The van der Waals surface area contributed by atoms with Gasteiger partial charge in [0.05, 0.1) is 6.61 Å². The second kappa shape index (κ2) is 9.99. The maximum atomic E-state index is 13.2. The summed E-state index contributed by atoms with van der Waals surface area (Å²) in [6, 6.07) is 7.29. The standard InChI is InChI=1S/C27H37N3O5/c1-5-34-25(33)22-8-6-7-15-30(22)24(32)21-18-27(35-28-21)13-16-29(17-14-27)23(31)19-9-11-20(12-10-19)26(2,3)4/h9-12,22H,5-8,13-18H2,1-4H3. The van der Waals surface area contributed by atoms with Crippen LogP contribution in [0.5, 0.6) is 0 Å². The molecule has 1 aromatic carbocycles. The van der Waals surface area contributed by atoms with Gasteiger partial charge in [-0.3, -0.25) is 9.59 Å². The first-order valence-corrected chi connectivity index (χ1v) is 12.8. The fourth-order valence-electron chi connectivity index (χ4n) is 5.14. The lowest BCUT2D eigenvalue weighted by atomic mass is 9.85. The van der Waals surface area contributed by atoms with Gasteiger partial charge in [-0.25, -0.2) is 4.79 Å². The van der Waals surface area contributed by atoms with Gasteiger partial charge in [-0.05, 0) is 49.3 Å². The molecule has 1 atom stereocenters. The first kappa shape index (κ1) is 25.2. The molecular weight excluding hydrogens is 446 g/mol. The highest BCUT2D eigenvalue weighted by Gasteiger charge is 2.46. The van der Waals surface area contributed by atoms with E-state index in [-0.39, 0.29) is 23.2 Å². The second-order valence-corrected chi connectivity index (χ2v) is 10.9. The van der Waals surface area contributed by atoms with E-state index in [0.717, 1.165) is 12.8 Å². The Hall–Kier alpha value is -2.90. The summed E-state index contributed by atoms with van der Waals surface area (Å²) in [5.41, 5.74) is 1.72. The Bertz CT molecular complexity index is 987. The van der Waals surface area contributed by atoms with Crippen molar-refractivity contribution < 1.29 is 24.0 Å². The normalized spacial score (nSPS) is 21.9. The summed E-state index contributed by atoms with van der Waals surface area (Å²) in [6.45, 7) is 10.1. The van der Waals surface area contributed by atoms with E-state index in [1.54, 1.807) is 11.8 Å². The van der Waals surface area contributed by atoms with E-state index in [1.165, 1.54) is 5.56 Å². The fourth-order valence-corrected chi connectivity index (χ4v) is 5.14. The third-order valence-electron chi connectivity index (χ3n) is 7.37. The van der Waals surface area contributed by atoms with Crippen molar-refractivity contribution in [3.63, 3.8) is 0 Å². The van der Waals surface area contributed by atoms with Crippen LogP contribution in [0.2, 0.25) is 0 Å². The lowest BCUT2D eigenvalue weighted by molar-refractivity contribution is -0.154. The van der Waals surface area contributed by atoms with Gasteiger partial charge in [-0.2, -0.15) is 0 Å². The summed E-state index contributed by atoms with van der Waals surface area (Å²) in [7, 11) is 0. The molecule has 35 heavy (non-hydrogen) atoms. The van der Waals surface area contributed by atoms with Crippen molar-refractivity contribution in [1.82, 2.24) is 9.80 Å². The average molecular weight is 484 g/mol. The summed E-state index contributed by atoms with van der Waals surface area (Å²) >= 11 is 0. The molecule has 8 nitrogen and oxygen atoms in total. The van der Waals surface area contributed by atoms with Gasteiger partial charge in [0.25, 0.3) is 11.8 Å². The topological polar surface area (TPSA) is 88.5 Å². The molecule has 190 valence electrons. The molecule has 0 aliphatic carbocycles. The number of amides is 2. The summed E-state index contributed by atoms with van der Waals surface area (Å²) in [6.07, 6.45) is 3.98. The number of carbonyl (C=O) groups is 3. The number of likely N-dealkylation sites (tertiary alicyclic amines) is 2. The molecule has 1 aromatic rings. The molecule has 2 saturated heterocycles. The van der Waals surface area contributed by atoms with Crippen LogP contribution < -0.4 is 0 Å². The molecule has 0 aromatic heterocycles. The Balaban J connectivity index is 1.34. The molecule has 0 N–H and O–H groups in total. The van der Waals surface area contributed by atoms with E-state index in [0.29, 0.717) is 63.2 Å². The van der Waals surface area contributed by atoms with Gasteiger partial charge >= 0.3 is 5.97 Å². The number of benzene rings is 1. The van der Waals surface area contributed by atoms with Crippen molar-refractivity contribution in [3.8, 4) is 0 Å². The SMILES string of the molecule is CCOC(=O)C1CCCCN1C(=O)C1=NOC2(CCN(C(=O)c3ccc(C(C)(C)C)cc3)CC2)C1. The molecular formula is C27H37N3O5. The molecule has 0 bridgehead atoms. The van der Waals surface area contributed by atoms with Crippen molar-refractivity contribution in [2.24, 2.45) is 5.16 Å². The highest BCUT2D eigenvalue weighted by Crippen LogP contribution is 2.36. The monoisotopic (exact) mass is 483 g/mol.